The van der Waals surface area contributed by atoms with Crippen LogP contribution in [0.5, 0.6) is 17.2 Å². The van der Waals surface area contributed by atoms with E-state index >= 15 is 0 Å². The quantitative estimate of drug-likeness (QED) is 0.578. The van der Waals surface area contributed by atoms with Crippen LogP contribution in [0.3, 0.4) is 0 Å². The Morgan fingerprint density at radius 1 is 0.882 bits per heavy atom. The lowest BCUT2D eigenvalue weighted by molar-refractivity contribution is -0.124. The van der Waals surface area contributed by atoms with Crippen LogP contribution in [0.25, 0.3) is 0 Å². The molecule has 3 aromatic rings. The molecule has 0 aromatic heterocycles. The summed E-state index contributed by atoms with van der Waals surface area (Å²) in [7, 11) is 6.45. The topological polar surface area (TPSA) is 77.1 Å². The Bertz CT molecular complexity index is 1210. The van der Waals surface area contributed by atoms with Gasteiger partial charge in [-0.15, -0.1) is 0 Å². The van der Waals surface area contributed by atoms with Crippen LogP contribution in [0.15, 0.2) is 66.7 Å². The van der Waals surface area contributed by atoms with E-state index < -0.39 is 12.0 Å². The molecule has 34 heavy (non-hydrogen) atoms. The van der Waals surface area contributed by atoms with Crippen molar-refractivity contribution in [2.75, 3.05) is 28.4 Å². The molecule has 0 saturated heterocycles. The predicted octanol–water partition coefficient (Wildman–Crippen LogP) is 3.94. The van der Waals surface area contributed by atoms with Gasteiger partial charge in [0.25, 0.3) is 5.91 Å². The van der Waals surface area contributed by atoms with E-state index in [0.29, 0.717) is 34.9 Å². The van der Waals surface area contributed by atoms with Crippen molar-refractivity contribution in [2.24, 2.45) is 0 Å². The fourth-order valence-electron chi connectivity index (χ4n) is 4.55. The van der Waals surface area contributed by atoms with Gasteiger partial charge in [-0.2, -0.15) is 0 Å². The van der Waals surface area contributed by atoms with Crippen molar-refractivity contribution in [3.63, 3.8) is 0 Å². The van der Waals surface area contributed by atoms with E-state index in [9.17, 15) is 9.59 Å². The van der Waals surface area contributed by atoms with Gasteiger partial charge < -0.3 is 24.4 Å². The molecule has 1 aliphatic heterocycles. The van der Waals surface area contributed by atoms with Crippen LogP contribution in [-0.4, -0.2) is 45.1 Å². The number of rotatable bonds is 7. The lowest BCUT2D eigenvalue weighted by Gasteiger charge is -2.40. The molecule has 7 heteroatoms. The molecule has 3 aromatic carbocycles. The highest BCUT2D eigenvalue weighted by molar-refractivity contribution is 6.01. The lowest BCUT2D eigenvalue weighted by Crippen LogP contribution is -2.45. The zero-order chi connectivity index (χ0) is 24.2. The van der Waals surface area contributed by atoms with Crippen LogP contribution in [0, 0.1) is 0 Å². The average molecular weight is 461 g/mol. The van der Waals surface area contributed by atoms with Gasteiger partial charge in [-0.05, 0) is 35.4 Å². The van der Waals surface area contributed by atoms with Crippen molar-refractivity contribution in [1.29, 1.82) is 0 Å². The van der Waals surface area contributed by atoms with Gasteiger partial charge in [0.1, 0.15) is 5.75 Å². The van der Waals surface area contributed by atoms with Gasteiger partial charge in [0.05, 0.1) is 33.3 Å². The van der Waals surface area contributed by atoms with Crippen LogP contribution < -0.4 is 19.5 Å². The number of hydrogen-bond acceptors (Lipinski definition) is 5. The van der Waals surface area contributed by atoms with E-state index in [1.54, 1.807) is 45.4 Å². The van der Waals surface area contributed by atoms with Crippen LogP contribution in [0.4, 0.5) is 0 Å². The highest BCUT2D eigenvalue weighted by Crippen LogP contribution is 2.44. The molecule has 1 aliphatic rings. The first-order chi connectivity index (χ1) is 16.5. The van der Waals surface area contributed by atoms with Gasteiger partial charge in [0.2, 0.25) is 5.91 Å². The molecule has 4 rings (SSSR count). The molecule has 0 fully saturated rings. The first-order valence-corrected chi connectivity index (χ1v) is 11.0. The van der Waals surface area contributed by atoms with E-state index in [0.717, 1.165) is 11.1 Å². The molecule has 2 atom stereocenters. The first kappa shape index (κ1) is 23.2. The van der Waals surface area contributed by atoms with Gasteiger partial charge in [-0.25, -0.2) is 0 Å². The van der Waals surface area contributed by atoms with E-state index in [2.05, 4.69) is 5.32 Å². The number of methoxy groups -OCH3 is 3. The Balaban J connectivity index is 1.75. The maximum atomic E-state index is 13.7. The Hall–Kier alpha value is -4.00. The lowest BCUT2D eigenvalue weighted by atomic mass is 9.79. The average Bonchev–Trinajstić information content (AvgIpc) is 2.88. The van der Waals surface area contributed by atoms with Crippen molar-refractivity contribution in [3.05, 3.63) is 89.0 Å². The standard InChI is InChI=1S/C27H28N2O5/c1-29-25(17-13-14-22(33-3)23(15-17)34-4)24(19-10-6-7-11-20(19)27(29)31)26(30)28-16-18-9-5-8-12-21(18)32-2/h5-15,24-25H,16H2,1-4H3,(H,28,30). The normalized spacial score (nSPS) is 17.1. The first-order valence-electron chi connectivity index (χ1n) is 11.0. The number of carbonyl (C=O) groups excluding carboxylic acids is 2. The maximum Gasteiger partial charge on any atom is 0.254 e. The summed E-state index contributed by atoms with van der Waals surface area (Å²) in [6, 6.07) is 19.8. The van der Waals surface area contributed by atoms with E-state index in [1.807, 2.05) is 54.6 Å². The molecule has 0 spiro atoms. The summed E-state index contributed by atoms with van der Waals surface area (Å²) in [5, 5.41) is 3.06. The fraction of sp³-hybridized carbons (Fsp3) is 0.259. The molecular weight excluding hydrogens is 432 g/mol. The fourth-order valence-corrected chi connectivity index (χ4v) is 4.55. The second-order valence-corrected chi connectivity index (χ2v) is 8.07. The number of ether oxygens (including phenoxy) is 3. The van der Waals surface area contributed by atoms with Gasteiger partial charge >= 0.3 is 0 Å². The molecule has 0 aliphatic carbocycles. The number of nitrogens with one attached hydrogen (secondary N) is 1. The van der Waals surface area contributed by atoms with Crippen LogP contribution >= 0.6 is 0 Å². The van der Waals surface area contributed by atoms with Crippen molar-refractivity contribution < 1.29 is 23.8 Å². The smallest absolute Gasteiger partial charge is 0.254 e. The number of fused-ring (bicyclic) bond motifs is 1. The maximum absolute atomic E-state index is 13.7. The van der Waals surface area contributed by atoms with Crippen molar-refractivity contribution >= 4 is 11.8 Å². The Labute approximate surface area is 199 Å². The largest absolute Gasteiger partial charge is 0.496 e. The zero-order valence-corrected chi connectivity index (χ0v) is 19.7. The SMILES string of the molecule is COc1ccccc1CNC(=O)C1c2ccccc2C(=O)N(C)C1c1ccc(OC)c(OC)c1. The minimum absolute atomic E-state index is 0.135. The Kier molecular flexibility index (Phi) is 6.72. The number of para-hydroxylation sites is 1. The van der Waals surface area contributed by atoms with Crippen molar-refractivity contribution in [2.45, 2.75) is 18.5 Å². The Morgan fingerprint density at radius 2 is 1.56 bits per heavy atom. The number of nitrogens with zero attached hydrogens (tertiary/aromatic N) is 1. The third kappa shape index (κ3) is 4.17. The molecule has 0 saturated carbocycles. The zero-order valence-electron chi connectivity index (χ0n) is 19.7. The summed E-state index contributed by atoms with van der Waals surface area (Å²) < 4.78 is 16.3. The van der Waals surface area contributed by atoms with E-state index in [-0.39, 0.29) is 11.8 Å². The highest BCUT2D eigenvalue weighted by Gasteiger charge is 2.42. The Morgan fingerprint density at radius 3 is 2.29 bits per heavy atom. The second kappa shape index (κ2) is 9.87. The number of benzene rings is 3. The summed E-state index contributed by atoms with van der Waals surface area (Å²) in [5.41, 5.74) is 2.87. The molecule has 0 radical (unpaired) electrons. The minimum atomic E-state index is -0.619. The minimum Gasteiger partial charge on any atom is -0.496 e. The molecule has 1 N–H and O–H groups in total. The summed E-state index contributed by atoms with van der Waals surface area (Å²) in [5.74, 6) is 0.880. The van der Waals surface area contributed by atoms with Crippen molar-refractivity contribution in [1.82, 2.24) is 10.2 Å². The number of likely N-dealkylation sites (N-methyl/N-ethyl adjacent to an activating group) is 1. The van der Waals surface area contributed by atoms with Gasteiger partial charge in [-0.1, -0.05) is 42.5 Å². The predicted molar refractivity (Wildman–Crippen MR) is 128 cm³/mol. The second-order valence-electron chi connectivity index (χ2n) is 8.07. The summed E-state index contributed by atoms with van der Waals surface area (Å²) in [6.07, 6.45) is 0. The van der Waals surface area contributed by atoms with Gasteiger partial charge in [-0.3, -0.25) is 9.59 Å². The van der Waals surface area contributed by atoms with Crippen LogP contribution in [-0.2, 0) is 11.3 Å². The van der Waals surface area contributed by atoms with E-state index in [1.165, 1.54) is 0 Å². The van der Waals surface area contributed by atoms with Crippen LogP contribution in [0.2, 0.25) is 0 Å². The summed E-state index contributed by atoms with van der Waals surface area (Å²) in [4.78, 5) is 28.6. The third-order valence-corrected chi connectivity index (χ3v) is 6.26. The molecule has 0 bridgehead atoms. The van der Waals surface area contributed by atoms with E-state index in [4.69, 9.17) is 14.2 Å². The third-order valence-electron chi connectivity index (χ3n) is 6.26. The molecular formula is C27H28N2O5. The molecule has 2 amide bonds. The van der Waals surface area contributed by atoms with Crippen molar-refractivity contribution in [3.8, 4) is 17.2 Å². The van der Waals surface area contributed by atoms with Crippen LogP contribution in [0.1, 0.15) is 39.0 Å². The highest BCUT2D eigenvalue weighted by atomic mass is 16.5. The summed E-state index contributed by atoms with van der Waals surface area (Å²) >= 11 is 0. The number of amides is 2. The molecule has 7 nitrogen and oxygen atoms in total. The monoisotopic (exact) mass is 460 g/mol. The van der Waals surface area contributed by atoms with Gasteiger partial charge in [0.15, 0.2) is 11.5 Å². The molecule has 2 unspecified atom stereocenters. The number of carbonyl (C=O) groups is 2. The van der Waals surface area contributed by atoms with Gasteiger partial charge in [0, 0.05) is 24.7 Å². The number of hydrogen-bond donors (Lipinski definition) is 1. The summed E-state index contributed by atoms with van der Waals surface area (Å²) in [6.45, 7) is 0.303. The molecule has 176 valence electrons. The molecule has 1 heterocycles.